The highest BCUT2D eigenvalue weighted by molar-refractivity contribution is 5.95. The fourth-order valence-corrected chi connectivity index (χ4v) is 4.31. The molecule has 0 unspecified atom stereocenters. The Kier molecular flexibility index (Phi) is 9.23. The predicted molar refractivity (Wildman–Crippen MR) is 162 cm³/mol. The van der Waals surface area contributed by atoms with E-state index in [1.54, 1.807) is 65.0 Å². The summed E-state index contributed by atoms with van der Waals surface area (Å²) in [4.78, 5) is 31.2. The number of rotatable bonds is 12. The third kappa shape index (κ3) is 7.52. The first-order valence-corrected chi connectivity index (χ1v) is 13.8. The second kappa shape index (κ2) is 13.6. The number of fused-ring (bicyclic) bond motifs is 1. The molecule has 0 saturated heterocycles. The fourth-order valence-electron chi connectivity index (χ4n) is 4.31. The first-order valence-electron chi connectivity index (χ1n) is 13.8. The van der Waals surface area contributed by atoms with Crippen LogP contribution in [0.3, 0.4) is 0 Å². The van der Waals surface area contributed by atoms with Crippen LogP contribution in [0.4, 0.5) is 10.3 Å². The Bertz CT molecular complexity index is 1690. The van der Waals surface area contributed by atoms with Crippen molar-refractivity contribution in [2.75, 3.05) is 39.2 Å². The predicted octanol–water partition coefficient (Wildman–Crippen LogP) is 4.21. The Balaban J connectivity index is 1.14. The van der Waals surface area contributed by atoms with E-state index in [2.05, 4.69) is 26.0 Å². The summed E-state index contributed by atoms with van der Waals surface area (Å²) < 4.78 is 20.5. The van der Waals surface area contributed by atoms with E-state index < -0.39 is 0 Å². The number of hydrogen-bond donors (Lipinski definition) is 3. The number of anilines is 1. The second-order valence-corrected chi connectivity index (χ2v) is 9.86. The summed E-state index contributed by atoms with van der Waals surface area (Å²) in [6, 6.07) is 24.1. The number of ether oxygens (including phenoxy) is 1. The maximum absolute atomic E-state index is 13.1. The number of halogens is 1. The average Bonchev–Trinajstić information content (AvgIpc) is 3.45. The highest BCUT2D eigenvalue weighted by Crippen LogP contribution is 2.21. The van der Waals surface area contributed by atoms with Crippen LogP contribution in [0.15, 0.2) is 91.1 Å². The lowest BCUT2D eigenvalue weighted by Gasteiger charge is -2.17. The summed E-state index contributed by atoms with van der Waals surface area (Å²) in [5, 5.41) is 13.4. The minimum Gasteiger partial charge on any atom is -0.473 e. The molecule has 3 aromatic carbocycles. The quantitative estimate of drug-likeness (QED) is 0.189. The molecule has 0 saturated carbocycles. The number of likely N-dealkylation sites (N-methyl/N-ethyl adjacent to an activating group) is 2. The molecule has 0 spiro atoms. The molecule has 43 heavy (non-hydrogen) atoms. The lowest BCUT2D eigenvalue weighted by Crippen LogP contribution is -2.32. The van der Waals surface area contributed by atoms with E-state index in [4.69, 9.17) is 4.74 Å². The highest BCUT2D eigenvalue weighted by atomic mass is 19.1. The van der Waals surface area contributed by atoms with Crippen molar-refractivity contribution in [2.45, 2.75) is 6.54 Å². The minimum absolute atomic E-state index is 0.0480. The summed E-state index contributed by atoms with van der Waals surface area (Å²) in [5.41, 5.74) is 4.42. The van der Waals surface area contributed by atoms with Crippen LogP contribution in [-0.2, 0) is 6.54 Å². The van der Waals surface area contributed by atoms with Crippen LogP contribution >= 0.6 is 0 Å². The van der Waals surface area contributed by atoms with Gasteiger partial charge in [0.05, 0.1) is 0 Å². The van der Waals surface area contributed by atoms with Gasteiger partial charge in [0.2, 0.25) is 5.95 Å². The monoisotopic (exact) mass is 581 g/mol. The van der Waals surface area contributed by atoms with Crippen molar-refractivity contribution < 1.29 is 18.7 Å². The third-order valence-corrected chi connectivity index (χ3v) is 6.79. The Morgan fingerprint density at radius 2 is 1.60 bits per heavy atom. The van der Waals surface area contributed by atoms with E-state index in [9.17, 15) is 14.0 Å². The molecule has 2 aromatic heterocycles. The van der Waals surface area contributed by atoms with E-state index >= 15 is 0 Å². The Labute approximate surface area is 248 Å². The van der Waals surface area contributed by atoms with Crippen LogP contribution in [0.1, 0.15) is 26.3 Å². The summed E-state index contributed by atoms with van der Waals surface area (Å²) in [5.74, 6) is 0.448. The van der Waals surface area contributed by atoms with Gasteiger partial charge in [-0.3, -0.25) is 9.59 Å². The maximum atomic E-state index is 13.1. The van der Waals surface area contributed by atoms with Crippen molar-refractivity contribution in [2.24, 2.45) is 0 Å². The van der Waals surface area contributed by atoms with Crippen molar-refractivity contribution >= 4 is 23.4 Å². The number of pyridine rings is 1. The van der Waals surface area contributed by atoms with Gasteiger partial charge in [-0.15, -0.1) is 5.10 Å². The van der Waals surface area contributed by atoms with Crippen molar-refractivity contribution in [3.05, 3.63) is 114 Å². The molecule has 0 aliphatic heterocycles. The fraction of sp³-hybridized carbons (Fsp3) is 0.188. The maximum Gasteiger partial charge on any atom is 0.253 e. The zero-order valence-electron chi connectivity index (χ0n) is 23.9. The van der Waals surface area contributed by atoms with Crippen molar-refractivity contribution in [1.82, 2.24) is 30.1 Å². The SMILES string of the molecule is CNCCN(C)C(=O)c1ccc(OCNc2nc3ccc(-c4ccc(C(=O)NCc5ccc(F)cc5)cc4)cn3n2)cc1. The van der Waals surface area contributed by atoms with Crippen LogP contribution in [0.5, 0.6) is 5.75 Å². The number of amides is 2. The number of hydrogen-bond acceptors (Lipinski definition) is 7. The van der Waals surface area contributed by atoms with E-state index in [1.807, 2.05) is 37.5 Å². The Hall–Kier alpha value is -5.29. The lowest BCUT2D eigenvalue weighted by molar-refractivity contribution is 0.0796. The van der Waals surface area contributed by atoms with Gasteiger partial charge in [0.1, 0.15) is 11.6 Å². The number of nitrogens with zero attached hydrogens (tertiary/aromatic N) is 4. The number of carbonyl (C=O) groups excluding carboxylic acids is 2. The van der Waals surface area contributed by atoms with E-state index in [0.29, 0.717) is 41.6 Å². The molecule has 0 fully saturated rings. The molecule has 2 amide bonds. The first kappa shape index (κ1) is 29.2. The van der Waals surface area contributed by atoms with Crippen molar-refractivity contribution in [3.8, 4) is 16.9 Å². The lowest BCUT2D eigenvalue weighted by atomic mass is 10.1. The van der Waals surface area contributed by atoms with E-state index in [0.717, 1.165) is 23.2 Å². The van der Waals surface area contributed by atoms with E-state index in [-0.39, 0.29) is 24.4 Å². The van der Waals surface area contributed by atoms with Crippen molar-refractivity contribution in [1.29, 1.82) is 0 Å². The number of aromatic nitrogens is 3. The van der Waals surface area contributed by atoms with Crippen LogP contribution in [0.2, 0.25) is 0 Å². The van der Waals surface area contributed by atoms with Gasteiger partial charge in [-0.25, -0.2) is 8.91 Å². The Morgan fingerprint density at radius 1 is 0.907 bits per heavy atom. The summed E-state index contributed by atoms with van der Waals surface area (Å²) in [6.45, 7) is 1.80. The summed E-state index contributed by atoms with van der Waals surface area (Å²) in [7, 11) is 3.62. The zero-order valence-corrected chi connectivity index (χ0v) is 23.9. The first-order chi connectivity index (χ1) is 20.9. The van der Waals surface area contributed by atoms with Crippen LogP contribution in [-0.4, -0.2) is 65.2 Å². The van der Waals surface area contributed by atoms with Gasteiger partial charge in [0.15, 0.2) is 12.4 Å². The van der Waals surface area contributed by atoms with Crippen LogP contribution < -0.4 is 20.7 Å². The largest absolute Gasteiger partial charge is 0.473 e. The highest BCUT2D eigenvalue weighted by Gasteiger charge is 2.12. The van der Waals surface area contributed by atoms with Crippen molar-refractivity contribution in [3.63, 3.8) is 0 Å². The second-order valence-electron chi connectivity index (χ2n) is 9.86. The summed E-state index contributed by atoms with van der Waals surface area (Å²) in [6.07, 6.45) is 1.86. The normalized spacial score (nSPS) is 10.9. The molecule has 11 heteroatoms. The zero-order chi connectivity index (χ0) is 30.2. The molecular formula is C32H32FN7O3. The van der Waals surface area contributed by atoms with Gasteiger partial charge in [-0.1, -0.05) is 24.3 Å². The standard InChI is InChI=1S/C32H32FN7O3/c1-34-17-18-39(2)31(42)25-9-14-28(15-10-25)43-21-36-32-37-29-16-11-26(20-40(29)38-32)23-5-7-24(8-6-23)30(41)35-19-22-3-12-27(33)13-4-22/h3-16,20,34H,17-19,21H2,1-2H3,(H,35,41)(H,36,38). The molecule has 0 aliphatic rings. The molecule has 0 radical (unpaired) electrons. The van der Waals surface area contributed by atoms with Gasteiger partial charge in [0, 0.05) is 49.6 Å². The smallest absolute Gasteiger partial charge is 0.253 e. The molecule has 5 aromatic rings. The molecule has 3 N–H and O–H groups in total. The molecule has 5 rings (SSSR count). The number of nitrogens with one attached hydrogen (secondary N) is 3. The number of carbonyl (C=O) groups is 2. The van der Waals surface area contributed by atoms with Gasteiger partial charge in [-0.05, 0) is 78.8 Å². The summed E-state index contributed by atoms with van der Waals surface area (Å²) >= 11 is 0. The minimum atomic E-state index is -0.311. The third-order valence-electron chi connectivity index (χ3n) is 6.79. The van der Waals surface area contributed by atoms with Crippen LogP contribution in [0.25, 0.3) is 16.8 Å². The van der Waals surface area contributed by atoms with Gasteiger partial charge >= 0.3 is 0 Å². The average molecular weight is 582 g/mol. The molecule has 0 aliphatic carbocycles. The van der Waals surface area contributed by atoms with E-state index in [1.165, 1.54) is 12.1 Å². The van der Waals surface area contributed by atoms with Crippen LogP contribution in [0, 0.1) is 5.82 Å². The molecule has 0 bridgehead atoms. The molecule has 0 atom stereocenters. The molecule has 2 heterocycles. The topological polar surface area (TPSA) is 113 Å². The molecule has 220 valence electrons. The van der Waals surface area contributed by atoms with Gasteiger partial charge in [-0.2, -0.15) is 4.98 Å². The van der Waals surface area contributed by atoms with Gasteiger partial charge in [0.25, 0.3) is 11.8 Å². The van der Waals surface area contributed by atoms with Gasteiger partial charge < -0.3 is 25.6 Å². The molecule has 10 nitrogen and oxygen atoms in total. The molecular weight excluding hydrogens is 549 g/mol. The number of benzene rings is 3. The Morgan fingerprint density at radius 3 is 2.33 bits per heavy atom.